The molecule has 0 aliphatic carbocycles. The van der Waals surface area contributed by atoms with Gasteiger partial charge in [-0.15, -0.1) is 24.0 Å². The van der Waals surface area contributed by atoms with E-state index in [1.165, 1.54) is 19.3 Å². The Morgan fingerprint density at radius 3 is 2.33 bits per heavy atom. The summed E-state index contributed by atoms with van der Waals surface area (Å²) in [5, 5.41) is 6.54. The van der Waals surface area contributed by atoms with Gasteiger partial charge in [0, 0.05) is 25.2 Å². The lowest BCUT2D eigenvalue weighted by Crippen LogP contribution is -2.57. The summed E-state index contributed by atoms with van der Waals surface area (Å²) in [7, 11) is 3.99. The molecule has 2 aliphatic heterocycles. The first-order valence-corrected chi connectivity index (χ1v) is 8.69. The SMILES string of the molecule is CN=C(NCC(=O)OC(C)(C)C)NC1CC2CCCC(C1)N2C.I. The van der Waals surface area contributed by atoms with Crippen molar-refractivity contribution in [3.8, 4) is 0 Å². The largest absolute Gasteiger partial charge is 0.459 e. The molecule has 0 aromatic carbocycles. The fourth-order valence-electron chi connectivity index (χ4n) is 3.66. The standard InChI is InChI=1S/C17H32N4O2.HI/c1-17(2,3)23-15(22)11-19-16(18-4)20-12-9-13-7-6-8-14(10-12)21(13)5;/h12-14H,6-11H2,1-5H3,(H2,18,19,20);1H. The molecule has 2 atom stereocenters. The van der Waals surface area contributed by atoms with Crippen molar-refractivity contribution in [2.75, 3.05) is 20.6 Å². The number of nitrogens with one attached hydrogen (secondary N) is 2. The zero-order chi connectivity index (χ0) is 17.0. The second-order valence-corrected chi connectivity index (χ2v) is 7.73. The Kier molecular flexibility index (Phi) is 8.25. The minimum absolute atomic E-state index is 0. The molecule has 2 fully saturated rings. The number of aliphatic imine (C=N–C) groups is 1. The van der Waals surface area contributed by atoms with Gasteiger partial charge in [-0.05, 0) is 53.5 Å². The van der Waals surface area contributed by atoms with Crippen molar-refractivity contribution in [3.63, 3.8) is 0 Å². The Hall–Kier alpha value is -0.570. The minimum atomic E-state index is -0.457. The molecule has 2 heterocycles. The number of hydrogen-bond donors (Lipinski definition) is 2. The highest BCUT2D eigenvalue weighted by Crippen LogP contribution is 2.32. The molecule has 2 saturated heterocycles. The van der Waals surface area contributed by atoms with Gasteiger partial charge < -0.3 is 20.3 Å². The average molecular weight is 452 g/mol. The molecule has 0 spiro atoms. The first-order valence-electron chi connectivity index (χ1n) is 8.69. The van der Waals surface area contributed by atoms with Gasteiger partial charge in [0.05, 0.1) is 0 Å². The van der Waals surface area contributed by atoms with Crippen LogP contribution in [0.5, 0.6) is 0 Å². The van der Waals surface area contributed by atoms with E-state index in [0.717, 1.165) is 12.8 Å². The summed E-state index contributed by atoms with van der Waals surface area (Å²) >= 11 is 0. The second kappa shape index (κ2) is 9.22. The number of rotatable bonds is 3. The molecule has 24 heavy (non-hydrogen) atoms. The van der Waals surface area contributed by atoms with Crippen LogP contribution in [-0.4, -0.2) is 61.2 Å². The van der Waals surface area contributed by atoms with E-state index in [2.05, 4.69) is 27.6 Å². The monoisotopic (exact) mass is 452 g/mol. The van der Waals surface area contributed by atoms with Crippen molar-refractivity contribution in [1.82, 2.24) is 15.5 Å². The molecule has 2 unspecified atom stereocenters. The molecule has 7 heteroatoms. The van der Waals surface area contributed by atoms with Gasteiger partial charge in [0.15, 0.2) is 5.96 Å². The van der Waals surface area contributed by atoms with Crippen LogP contribution in [0.15, 0.2) is 4.99 Å². The molecule has 0 amide bonds. The fraction of sp³-hybridized carbons (Fsp3) is 0.882. The molecule has 2 rings (SSSR count). The number of nitrogens with zero attached hydrogens (tertiary/aromatic N) is 2. The summed E-state index contributed by atoms with van der Waals surface area (Å²) in [6, 6.07) is 1.76. The van der Waals surface area contributed by atoms with Crippen molar-refractivity contribution >= 4 is 35.9 Å². The lowest BCUT2D eigenvalue weighted by molar-refractivity contribution is -0.153. The molecular weight excluding hydrogens is 419 g/mol. The van der Waals surface area contributed by atoms with E-state index in [0.29, 0.717) is 24.1 Å². The van der Waals surface area contributed by atoms with E-state index in [1.807, 2.05) is 20.8 Å². The van der Waals surface area contributed by atoms with Crippen LogP contribution in [0.25, 0.3) is 0 Å². The molecule has 6 nitrogen and oxygen atoms in total. The fourth-order valence-corrected chi connectivity index (χ4v) is 3.66. The Morgan fingerprint density at radius 2 is 1.83 bits per heavy atom. The van der Waals surface area contributed by atoms with Crippen LogP contribution >= 0.6 is 24.0 Å². The van der Waals surface area contributed by atoms with Gasteiger partial charge in [-0.3, -0.25) is 9.79 Å². The lowest BCUT2D eigenvalue weighted by Gasteiger charge is -2.47. The van der Waals surface area contributed by atoms with Crippen molar-refractivity contribution in [1.29, 1.82) is 0 Å². The molecule has 2 bridgehead atoms. The topological polar surface area (TPSA) is 66.0 Å². The average Bonchev–Trinajstić information content (AvgIpc) is 2.42. The van der Waals surface area contributed by atoms with E-state index in [1.54, 1.807) is 7.05 Å². The van der Waals surface area contributed by atoms with Crippen LogP contribution in [0.4, 0.5) is 0 Å². The normalized spacial score (nSPS) is 27.9. The molecular formula is C17H33IN4O2. The Bertz CT molecular complexity index is 436. The van der Waals surface area contributed by atoms with Crippen molar-refractivity contribution in [2.45, 2.75) is 76.6 Å². The summed E-state index contributed by atoms with van der Waals surface area (Å²) in [4.78, 5) is 18.6. The smallest absolute Gasteiger partial charge is 0.325 e. The van der Waals surface area contributed by atoms with Gasteiger partial charge in [0.1, 0.15) is 12.1 Å². The molecule has 0 aromatic heterocycles. The molecule has 140 valence electrons. The number of carbonyl (C=O) groups is 1. The highest BCUT2D eigenvalue weighted by atomic mass is 127. The van der Waals surface area contributed by atoms with E-state index >= 15 is 0 Å². The predicted molar refractivity (Wildman–Crippen MR) is 108 cm³/mol. The van der Waals surface area contributed by atoms with Gasteiger partial charge >= 0.3 is 5.97 Å². The maximum Gasteiger partial charge on any atom is 0.325 e. The van der Waals surface area contributed by atoms with E-state index < -0.39 is 5.60 Å². The number of hydrogen-bond acceptors (Lipinski definition) is 4. The number of fused-ring (bicyclic) bond motifs is 2. The van der Waals surface area contributed by atoms with Gasteiger partial charge in [0.2, 0.25) is 0 Å². The number of halogens is 1. The number of esters is 1. The van der Waals surface area contributed by atoms with Crippen molar-refractivity contribution in [2.24, 2.45) is 4.99 Å². The number of ether oxygens (including phenoxy) is 1. The van der Waals surface area contributed by atoms with Crippen LogP contribution < -0.4 is 10.6 Å². The highest BCUT2D eigenvalue weighted by Gasteiger charge is 2.36. The summed E-state index contributed by atoms with van der Waals surface area (Å²) in [5.41, 5.74) is -0.457. The molecule has 2 N–H and O–H groups in total. The zero-order valence-electron chi connectivity index (χ0n) is 15.6. The molecule has 0 aromatic rings. The number of piperidine rings is 2. The lowest BCUT2D eigenvalue weighted by atomic mass is 9.82. The summed E-state index contributed by atoms with van der Waals surface area (Å²) in [5.74, 6) is 0.421. The first kappa shape index (κ1) is 21.5. The summed E-state index contributed by atoms with van der Waals surface area (Å²) in [6.07, 6.45) is 6.20. The number of carbonyl (C=O) groups excluding carboxylic acids is 1. The first-order chi connectivity index (χ1) is 10.8. The third-order valence-corrected chi connectivity index (χ3v) is 4.72. The van der Waals surface area contributed by atoms with E-state index in [4.69, 9.17) is 4.74 Å². The van der Waals surface area contributed by atoms with Crippen LogP contribution in [0, 0.1) is 0 Å². The van der Waals surface area contributed by atoms with Gasteiger partial charge in [-0.2, -0.15) is 0 Å². The van der Waals surface area contributed by atoms with Crippen LogP contribution in [0.3, 0.4) is 0 Å². The Morgan fingerprint density at radius 1 is 1.25 bits per heavy atom. The minimum Gasteiger partial charge on any atom is -0.459 e. The number of guanidine groups is 1. The summed E-state index contributed by atoms with van der Waals surface area (Å²) in [6.45, 7) is 5.75. The highest BCUT2D eigenvalue weighted by molar-refractivity contribution is 14.0. The van der Waals surface area contributed by atoms with Gasteiger partial charge in [0.25, 0.3) is 0 Å². The Balaban J connectivity index is 0.00000288. The Labute approximate surface area is 163 Å². The van der Waals surface area contributed by atoms with Gasteiger partial charge in [-0.1, -0.05) is 6.42 Å². The van der Waals surface area contributed by atoms with E-state index in [-0.39, 0.29) is 36.5 Å². The maximum absolute atomic E-state index is 11.8. The van der Waals surface area contributed by atoms with Crippen LogP contribution in [0.2, 0.25) is 0 Å². The van der Waals surface area contributed by atoms with Crippen LogP contribution in [-0.2, 0) is 9.53 Å². The second-order valence-electron chi connectivity index (χ2n) is 7.73. The van der Waals surface area contributed by atoms with Crippen molar-refractivity contribution in [3.05, 3.63) is 0 Å². The molecule has 0 saturated carbocycles. The predicted octanol–water partition coefficient (Wildman–Crippen LogP) is 2.13. The van der Waals surface area contributed by atoms with Crippen molar-refractivity contribution < 1.29 is 9.53 Å². The third kappa shape index (κ3) is 6.38. The van der Waals surface area contributed by atoms with Gasteiger partial charge in [-0.25, -0.2) is 0 Å². The summed E-state index contributed by atoms with van der Waals surface area (Å²) < 4.78 is 5.31. The van der Waals surface area contributed by atoms with Crippen LogP contribution in [0.1, 0.15) is 52.9 Å². The molecule has 0 radical (unpaired) electrons. The third-order valence-electron chi connectivity index (χ3n) is 4.72. The zero-order valence-corrected chi connectivity index (χ0v) is 17.9. The maximum atomic E-state index is 11.8. The molecule has 2 aliphatic rings. The quantitative estimate of drug-likeness (QED) is 0.297. The van der Waals surface area contributed by atoms with E-state index in [9.17, 15) is 4.79 Å².